The van der Waals surface area contributed by atoms with Gasteiger partial charge in [0.2, 0.25) is 0 Å². The van der Waals surface area contributed by atoms with Crippen LogP contribution < -0.4 is 0 Å². The first-order valence-corrected chi connectivity index (χ1v) is 5.41. The van der Waals surface area contributed by atoms with Gasteiger partial charge in [0.25, 0.3) is 0 Å². The minimum absolute atomic E-state index is 0. The van der Waals surface area contributed by atoms with Crippen LogP contribution in [0.5, 0.6) is 0 Å². The minimum atomic E-state index is 0. The van der Waals surface area contributed by atoms with Gasteiger partial charge in [-0.1, -0.05) is 84.9 Å². The van der Waals surface area contributed by atoms with Crippen LogP contribution in [0.15, 0.2) is 30.3 Å². The first-order chi connectivity index (χ1) is 6.39. The van der Waals surface area contributed by atoms with Crippen molar-refractivity contribution in [2.45, 2.75) is 55.9 Å². The topological polar surface area (TPSA) is 0 Å². The van der Waals surface area contributed by atoms with Gasteiger partial charge in [-0.15, -0.1) is 0 Å². The lowest BCUT2D eigenvalue weighted by molar-refractivity contribution is 1.48. The molecule has 0 fully saturated rings. The first kappa shape index (κ1) is 23.2. The van der Waals surface area contributed by atoms with E-state index in [0.717, 1.165) is 0 Å². The van der Waals surface area contributed by atoms with Gasteiger partial charge in [-0.25, -0.2) is 0 Å². The summed E-state index contributed by atoms with van der Waals surface area (Å²) in [5.74, 6) is 0. The highest BCUT2D eigenvalue weighted by atomic mass is 13.8. The molecule has 0 aliphatic rings. The van der Waals surface area contributed by atoms with Crippen LogP contribution in [0.3, 0.4) is 0 Å². The highest BCUT2D eigenvalue weighted by Gasteiger charge is 1.72. The monoisotopic (exact) mass is 198 g/mol. The number of hydrogen-bond acceptors (Lipinski definition) is 0. The lowest BCUT2D eigenvalue weighted by Gasteiger charge is -1.82. The molecule has 0 unspecified atom stereocenters. The molecular formula is C14H30. The molecule has 86 valence electrons. The van der Waals surface area contributed by atoms with Crippen LogP contribution in [0, 0.1) is 6.92 Å². The molecule has 0 spiro atoms. The van der Waals surface area contributed by atoms with E-state index in [9.17, 15) is 0 Å². The summed E-state index contributed by atoms with van der Waals surface area (Å²) in [4.78, 5) is 0. The van der Waals surface area contributed by atoms with E-state index >= 15 is 0 Å². The Bertz CT molecular complexity index is 130. The zero-order valence-electron chi connectivity index (χ0n) is 10.4. The normalized spacial score (nSPS) is 5.64. The zero-order valence-corrected chi connectivity index (χ0v) is 10.4. The van der Waals surface area contributed by atoms with Crippen molar-refractivity contribution in [2.24, 2.45) is 0 Å². The van der Waals surface area contributed by atoms with Crippen LogP contribution in [0.4, 0.5) is 0 Å². The van der Waals surface area contributed by atoms with Crippen LogP contribution >= 0.6 is 0 Å². The molecule has 0 heteroatoms. The molecule has 0 atom stereocenters. The van der Waals surface area contributed by atoms with Crippen molar-refractivity contribution in [1.82, 2.24) is 0 Å². The Hall–Kier alpha value is -0.780. The maximum absolute atomic E-state index is 2.08. The van der Waals surface area contributed by atoms with Gasteiger partial charge in [0, 0.05) is 0 Å². The van der Waals surface area contributed by atoms with Gasteiger partial charge in [-0.3, -0.25) is 0 Å². The Balaban J connectivity index is -0.0000000625. The molecule has 0 amide bonds. The number of benzene rings is 1. The van der Waals surface area contributed by atoms with Gasteiger partial charge in [-0.05, 0) is 6.92 Å². The van der Waals surface area contributed by atoms with Crippen LogP contribution in [-0.4, -0.2) is 0 Å². The highest BCUT2D eigenvalue weighted by molar-refractivity contribution is 5.11. The summed E-state index contributed by atoms with van der Waals surface area (Å²) < 4.78 is 0. The molecule has 0 aromatic heterocycles. The molecule has 0 saturated carbocycles. The molecular weight excluding hydrogens is 168 g/mol. The van der Waals surface area contributed by atoms with Crippen molar-refractivity contribution in [3.63, 3.8) is 0 Å². The number of hydrogen-bond donors (Lipinski definition) is 0. The highest BCUT2D eigenvalue weighted by Crippen LogP contribution is 1.92. The molecule has 0 bridgehead atoms. The molecule has 14 heavy (non-hydrogen) atoms. The third kappa shape index (κ3) is 22.5. The molecule has 1 aromatic rings. The van der Waals surface area contributed by atoms with Gasteiger partial charge < -0.3 is 0 Å². The van der Waals surface area contributed by atoms with E-state index in [4.69, 9.17) is 0 Å². The predicted molar refractivity (Wildman–Crippen MR) is 72.0 cm³/mol. The summed E-state index contributed by atoms with van der Waals surface area (Å²) in [5.41, 5.74) is 1.32. The van der Waals surface area contributed by atoms with Crippen molar-refractivity contribution >= 4 is 0 Å². The first-order valence-electron chi connectivity index (χ1n) is 5.41. The van der Waals surface area contributed by atoms with E-state index in [2.05, 4.69) is 19.1 Å². The number of aryl methyl sites for hydroxylation is 1. The Morgan fingerprint density at radius 3 is 1.07 bits per heavy atom. The Labute approximate surface area is 92.4 Å². The van der Waals surface area contributed by atoms with Crippen LogP contribution in [0.1, 0.15) is 54.5 Å². The molecule has 0 heterocycles. The summed E-state index contributed by atoms with van der Waals surface area (Å²) in [6.07, 6.45) is 0. The van der Waals surface area contributed by atoms with Crippen molar-refractivity contribution < 1.29 is 0 Å². The van der Waals surface area contributed by atoms with Crippen LogP contribution in [0.25, 0.3) is 0 Å². The molecule has 0 saturated heterocycles. The summed E-state index contributed by atoms with van der Waals surface area (Å²) in [6.45, 7) is 14.1. The van der Waals surface area contributed by atoms with Crippen molar-refractivity contribution in [2.75, 3.05) is 0 Å². The van der Waals surface area contributed by atoms with Gasteiger partial charge in [0.05, 0.1) is 0 Å². The Morgan fingerprint density at radius 1 is 0.643 bits per heavy atom. The molecule has 1 rings (SSSR count). The van der Waals surface area contributed by atoms with E-state index in [1.807, 2.05) is 59.7 Å². The molecule has 0 aliphatic heterocycles. The predicted octanol–water partition coefficient (Wildman–Crippen LogP) is 5.71. The van der Waals surface area contributed by atoms with E-state index < -0.39 is 0 Å². The summed E-state index contributed by atoms with van der Waals surface area (Å²) >= 11 is 0. The maximum Gasteiger partial charge on any atom is -0.0398 e. The lowest BCUT2D eigenvalue weighted by atomic mass is 10.2. The molecule has 0 N–H and O–H groups in total. The second-order valence-corrected chi connectivity index (χ2v) is 1.65. The minimum Gasteiger partial charge on any atom is -0.0776 e. The van der Waals surface area contributed by atoms with Gasteiger partial charge in [-0.2, -0.15) is 0 Å². The summed E-state index contributed by atoms with van der Waals surface area (Å²) in [7, 11) is 0. The van der Waals surface area contributed by atoms with Crippen LogP contribution in [0.2, 0.25) is 0 Å². The third-order valence-electron chi connectivity index (χ3n) is 0.940. The SMILES string of the molecule is C.CC.CC.CC.Cc1ccccc1. The van der Waals surface area contributed by atoms with Gasteiger partial charge in [0.15, 0.2) is 0 Å². The molecule has 0 radical (unpaired) electrons. The third-order valence-corrected chi connectivity index (χ3v) is 0.940. The average Bonchev–Trinajstić information content (AvgIpc) is 2.28. The van der Waals surface area contributed by atoms with Gasteiger partial charge >= 0.3 is 0 Å². The quantitative estimate of drug-likeness (QED) is 0.501. The zero-order chi connectivity index (χ0) is 11.1. The Kier molecular flexibility index (Phi) is 49.0. The fourth-order valence-electron chi connectivity index (χ4n) is 0.534. The van der Waals surface area contributed by atoms with E-state index in [0.29, 0.717) is 0 Å². The summed E-state index contributed by atoms with van der Waals surface area (Å²) in [6, 6.07) is 10.3. The van der Waals surface area contributed by atoms with E-state index in [-0.39, 0.29) is 7.43 Å². The summed E-state index contributed by atoms with van der Waals surface area (Å²) in [5, 5.41) is 0. The smallest absolute Gasteiger partial charge is 0.0398 e. The molecule has 1 aromatic carbocycles. The van der Waals surface area contributed by atoms with Crippen molar-refractivity contribution in [1.29, 1.82) is 0 Å². The Morgan fingerprint density at radius 2 is 0.929 bits per heavy atom. The van der Waals surface area contributed by atoms with E-state index in [1.165, 1.54) is 5.56 Å². The van der Waals surface area contributed by atoms with E-state index in [1.54, 1.807) is 0 Å². The maximum atomic E-state index is 2.08. The van der Waals surface area contributed by atoms with Crippen molar-refractivity contribution in [3.05, 3.63) is 35.9 Å². The molecule has 0 nitrogen and oxygen atoms in total. The van der Waals surface area contributed by atoms with Gasteiger partial charge in [0.1, 0.15) is 0 Å². The second-order valence-electron chi connectivity index (χ2n) is 1.65. The second kappa shape index (κ2) is 29.5. The fourth-order valence-corrected chi connectivity index (χ4v) is 0.534. The number of rotatable bonds is 0. The van der Waals surface area contributed by atoms with Crippen LogP contribution in [-0.2, 0) is 0 Å². The average molecular weight is 198 g/mol. The standard InChI is InChI=1S/C7H8.3C2H6.CH4/c1-7-5-3-2-4-6-7;3*1-2;/h2-6H,1H3;3*1-2H3;1H4. The lowest BCUT2D eigenvalue weighted by Crippen LogP contribution is -1.62. The largest absolute Gasteiger partial charge is 0.0776 e. The van der Waals surface area contributed by atoms with Crippen molar-refractivity contribution in [3.8, 4) is 0 Å². The molecule has 0 aliphatic carbocycles. The fraction of sp³-hybridized carbons (Fsp3) is 0.571.